The molecule has 0 saturated heterocycles. The highest BCUT2D eigenvalue weighted by Gasteiger charge is 2.14. The molecule has 4 aromatic rings. The predicted molar refractivity (Wildman–Crippen MR) is 120 cm³/mol. The number of hydrogen-bond acceptors (Lipinski definition) is 4. The molecule has 0 aliphatic rings. The third-order valence-corrected chi connectivity index (χ3v) is 4.79. The zero-order valence-corrected chi connectivity index (χ0v) is 17.0. The first-order chi connectivity index (χ1) is 15.2. The minimum atomic E-state index is -0.558. The molecule has 0 aliphatic carbocycles. The normalized spacial score (nSPS) is 10.6. The second-order valence-electron chi connectivity index (χ2n) is 6.87. The summed E-state index contributed by atoms with van der Waals surface area (Å²) >= 11 is 0. The van der Waals surface area contributed by atoms with Crippen LogP contribution in [-0.4, -0.2) is 28.5 Å². The van der Waals surface area contributed by atoms with E-state index in [4.69, 9.17) is 4.74 Å². The van der Waals surface area contributed by atoms with Gasteiger partial charge in [-0.2, -0.15) is 9.78 Å². The fourth-order valence-electron chi connectivity index (χ4n) is 3.33. The van der Waals surface area contributed by atoms with Crippen LogP contribution in [0.1, 0.15) is 12.5 Å². The molecular formula is C24H22N4O3. The third-order valence-electron chi connectivity index (χ3n) is 4.79. The molecule has 0 atom stereocenters. The first-order valence-corrected chi connectivity index (χ1v) is 9.99. The lowest BCUT2D eigenvalue weighted by molar-refractivity contribution is 0.151. The summed E-state index contributed by atoms with van der Waals surface area (Å²) in [5.74, 6) is 0. The van der Waals surface area contributed by atoms with E-state index in [0.717, 1.165) is 16.7 Å². The summed E-state index contributed by atoms with van der Waals surface area (Å²) in [5.41, 5.74) is 4.33. The van der Waals surface area contributed by atoms with Crippen molar-refractivity contribution in [1.29, 1.82) is 0 Å². The molecule has 3 aromatic carbocycles. The highest BCUT2D eigenvalue weighted by Crippen LogP contribution is 2.23. The van der Waals surface area contributed by atoms with Crippen LogP contribution in [0.25, 0.3) is 22.0 Å². The van der Waals surface area contributed by atoms with E-state index < -0.39 is 6.09 Å². The standard InChI is InChI=1S/C24H22N4O3/c1-2-31-24(30)28-22-13-7-12-21(20(22)16-26-28)27-23(29)25-15-17-8-6-11-19(14-17)18-9-4-3-5-10-18/h3-14,16H,2,15H2,1H3,(H2,25,27,29). The van der Waals surface area contributed by atoms with Crippen LogP contribution in [0.2, 0.25) is 0 Å². The molecule has 1 aromatic heterocycles. The van der Waals surface area contributed by atoms with Crippen molar-refractivity contribution < 1.29 is 14.3 Å². The number of nitrogens with one attached hydrogen (secondary N) is 2. The van der Waals surface area contributed by atoms with Crippen LogP contribution in [0, 0.1) is 0 Å². The van der Waals surface area contributed by atoms with Gasteiger partial charge in [0.25, 0.3) is 0 Å². The van der Waals surface area contributed by atoms with Gasteiger partial charge in [-0.1, -0.05) is 54.6 Å². The minimum Gasteiger partial charge on any atom is -0.448 e. The van der Waals surface area contributed by atoms with Crippen molar-refractivity contribution in [3.8, 4) is 11.1 Å². The Balaban J connectivity index is 1.44. The Kier molecular flexibility index (Phi) is 5.93. The number of hydrogen-bond donors (Lipinski definition) is 2. The number of rotatable bonds is 5. The maximum Gasteiger partial charge on any atom is 0.435 e. The van der Waals surface area contributed by atoms with Gasteiger partial charge in [-0.25, -0.2) is 9.59 Å². The highest BCUT2D eigenvalue weighted by molar-refractivity contribution is 6.02. The van der Waals surface area contributed by atoms with Crippen LogP contribution >= 0.6 is 0 Å². The molecule has 7 heteroatoms. The summed E-state index contributed by atoms with van der Waals surface area (Å²) in [7, 11) is 0. The van der Waals surface area contributed by atoms with Crippen LogP contribution in [0.4, 0.5) is 15.3 Å². The van der Waals surface area contributed by atoms with Gasteiger partial charge in [0.15, 0.2) is 0 Å². The van der Waals surface area contributed by atoms with Crippen molar-refractivity contribution in [1.82, 2.24) is 15.1 Å². The van der Waals surface area contributed by atoms with Gasteiger partial charge in [0, 0.05) is 11.9 Å². The number of fused-ring (bicyclic) bond motifs is 1. The van der Waals surface area contributed by atoms with Gasteiger partial charge in [0.05, 0.1) is 24.0 Å². The van der Waals surface area contributed by atoms with Crippen molar-refractivity contribution in [3.63, 3.8) is 0 Å². The third kappa shape index (κ3) is 4.56. The van der Waals surface area contributed by atoms with Gasteiger partial charge in [0.1, 0.15) is 0 Å². The number of ether oxygens (including phenoxy) is 1. The van der Waals surface area contributed by atoms with Crippen LogP contribution in [-0.2, 0) is 11.3 Å². The lowest BCUT2D eigenvalue weighted by atomic mass is 10.0. The summed E-state index contributed by atoms with van der Waals surface area (Å²) in [6.45, 7) is 2.37. The van der Waals surface area contributed by atoms with Gasteiger partial charge >= 0.3 is 12.1 Å². The molecule has 4 rings (SSSR count). The number of urea groups is 1. The Hall–Kier alpha value is -4.13. The van der Waals surface area contributed by atoms with E-state index in [1.165, 1.54) is 10.9 Å². The molecule has 1 heterocycles. The largest absolute Gasteiger partial charge is 0.448 e. The fourth-order valence-corrected chi connectivity index (χ4v) is 3.33. The van der Waals surface area contributed by atoms with E-state index in [9.17, 15) is 9.59 Å². The molecule has 156 valence electrons. The second kappa shape index (κ2) is 9.13. The Morgan fingerprint density at radius 3 is 2.55 bits per heavy atom. The van der Waals surface area contributed by atoms with Crippen molar-refractivity contribution >= 4 is 28.7 Å². The first-order valence-electron chi connectivity index (χ1n) is 9.99. The Morgan fingerprint density at radius 1 is 0.968 bits per heavy atom. The lowest BCUT2D eigenvalue weighted by Crippen LogP contribution is -2.28. The molecule has 0 saturated carbocycles. The van der Waals surface area contributed by atoms with Crippen LogP contribution in [0.3, 0.4) is 0 Å². The molecule has 0 bridgehead atoms. The number of amides is 2. The van der Waals surface area contributed by atoms with Crippen molar-refractivity contribution in [2.45, 2.75) is 13.5 Å². The smallest absolute Gasteiger partial charge is 0.435 e. The van der Waals surface area contributed by atoms with E-state index in [1.807, 2.05) is 36.4 Å². The van der Waals surface area contributed by atoms with E-state index in [1.54, 1.807) is 25.1 Å². The zero-order chi connectivity index (χ0) is 21.6. The van der Waals surface area contributed by atoms with Crippen molar-refractivity contribution in [2.24, 2.45) is 0 Å². The van der Waals surface area contributed by atoms with Crippen molar-refractivity contribution in [2.75, 3.05) is 11.9 Å². The predicted octanol–water partition coefficient (Wildman–Crippen LogP) is 5.03. The van der Waals surface area contributed by atoms with Crippen LogP contribution in [0.5, 0.6) is 0 Å². The molecule has 0 aliphatic heterocycles. The van der Waals surface area contributed by atoms with E-state index in [-0.39, 0.29) is 12.6 Å². The molecule has 0 spiro atoms. The maximum absolute atomic E-state index is 12.5. The Bertz CT molecular complexity index is 1220. The highest BCUT2D eigenvalue weighted by atomic mass is 16.5. The van der Waals surface area contributed by atoms with Gasteiger partial charge in [0.2, 0.25) is 0 Å². The lowest BCUT2D eigenvalue weighted by Gasteiger charge is -2.10. The molecule has 7 nitrogen and oxygen atoms in total. The average Bonchev–Trinajstić information content (AvgIpc) is 3.24. The van der Waals surface area contributed by atoms with Gasteiger partial charge in [-0.3, -0.25) is 0 Å². The number of nitrogens with zero attached hydrogens (tertiary/aromatic N) is 2. The van der Waals surface area contributed by atoms with Gasteiger partial charge in [-0.15, -0.1) is 0 Å². The topological polar surface area (TPSA) is 85.2 Å². The zero-order valence-electron chi connectivity index (χ0n) is 17.0. The van der Waals surface area contributed by atoms with Crippen LogP contribution < -0.4 is 10.6 Å². The van der Waals surface area contributed by atoms with E-state index in [0.29, 0.717) is 23.1 Å². The Labute approximate surface area is 179 Å². The number of carbonyl (C=O) groups excluding carboxylic acids is 2. The average molecular weight is 414 g/mol. The minimum absolute atomic E-state index is 0.256. The summed E-state index contributed by atoms with van der Waals surface area (Å²) in [6.07, 6.45) is 0.975. The number of anilines is 1. The SMILES string of the molecule is CCOC(=O)n1ncc2c(NC(=O)NCc3cccc(-c4ccccc4)c3)cccc21. The van der Waals surface area contributed by atoms with Gasteiger partial charge in [-0.05, 0) is 41.8 Å². The first kappa shape index (κ1) is 20.2. The summed E-state index contributed by atoms with van der Waals surface area (Å²) < 4.78 is 6.18. The maximum atomic E-state index is 12.5. The quantitative estimate of drug-likeness (QED) is 0.480. The van der Waals surface area contributed by atoms with Gasteiger partial charge < -0.3 is 15.4 Å². The second-order valence-corrected chi connectivity index (χ2v) is 6.87. The molecule has 2 amide bonds. The number of carbonyl (C=O) groups is 2. The fraction of sp³-hybridized carbons (Fsp3) is 0.125. The number of aromatic nitrogens is 2. The van der Waals surface area contributed by atoms with E-state index >= 15 is 0 Å². The molecular weight excluding hydrogens is 392 g/mol. The molecule has 0 fully saturated rings. The monoisotopic (exact) mass is 414 g/mol. The summed E-state index contributed by atoms with van der Waals surface area (Å²) in [5, 5.41) is 10.4. The summed E-state index contributed by atoms with van der Waals surface area (Å²) in [4.78, 5) is 24.5. The summed E-state index contributed by atoms with van der Waals surface area (Å²) in [6, 6.07) is 23.0. The molecule has 0 radical (unpaired) electrons. The number of benzene rings is 3. The molecule has 0 unspecified atom stereocenters. The Morgan fingerprint density at radius 2 is 1.74 bits per heavy atom. The van der Waals surface area contributed by atoms with Crippen molar-refractivity contribution in [3.05, 3.63) is 84.6 Å². The van der Waals surface area contributed by atoms with Crippen LogP contribution in [0.15, 0.2) is 79.0 Å². The molecule has 2 N–H and O–H groups in total. The van der Waals surface area contributed by atoms with E-state index in [2.05, 4.69) is 33.9 Å². The molecule has 31 heavy (non-hydrogen) atoms.